The zero-order valence-electron chi connectivity index (χ0n) is 31.9. The maximum absolute atomic E-state index is 12.7. The van der Waals surface area contributed by atoms with Crippen LogP contribution in [-0.4, -0.2) is 22.0 Å². The number of carbonyl (C=O) groups excluding carboxylic acids is 1. The number of hydrogen-bond donors (Lipinski definition) is 2. The second-order valence-corrected chi connectivity index (χ2v) is 16.1. The Kier molecular flexibility index (Phi) is 12.4. The van der Waals surface area contributed by atoms with Crippen molar-refractivity contribution < 1.29 is 24.2 Å². The summed E-state index contributed by atoms with van der Waals surface area (Å²) < 4.78 is 12.4. The minimum absolute atomic E-state index is 0.0886. The van der Waals surface area contributed by atoms with Crippen molar-refractivity contribution in [1.29, 1.82) is 0 Å². The van der Waals surface area contributed by atoms with Gasteiger partial charge in [-0.3, -0.25) is 4.79 Å². The van der Waals surface area contributed by atoms with E-state index in [1.54, 1.807) is 72.9 Å². The van der Waals surface area contributed by atoms with E-state index in [1.807, 2.05) is 42.5 Å². The molecule has 1 aromatic heterocycles. The summed E-state index contributed by atoms with van der Waals surface area (Å²) in [5.74, 6) is 0.618. The molecule has 60 heavy (non-hydrogen) atoms. The first-order chi connectivity index (χ1) is 29.1. The lowest BCUT2D eigenvalue weighted by atomic mass is 9.98. The lowest BCUT2D eigenvalue weighted by molar-refractivity contribution is 0.0696. The lowest BCUT2D eigenvalue weighted by Crippen LogP contribution is -2.12. The number of amides is 1. The fourth-order valence-corrected chi connectivity index (χ4v) is 8.38. The third-order valence-electron chi connectivity index (χ3n) is 10.5. The van der Waals surface area contributed by atoms with Gasteiger partial charge in [0, 0.05) is 21.8 Å². The third-order valence-corrected chi connectivity index (χ3v) is 11.5. The van der Waals surface area contributed by atoms with Gasteiger partial charge >= 0.3 is 5.97 Å². The molecule has 0 radical (unpaired) electrons. The Bertz CT molecular complexity index is 2730. The standard InChI is InChI=1S/C27H20Cl2N2O2.C22H16Cl2O3/c28-21-10-12-25(23(29)16-21)33-24-11-9-17-7-8-19(15-22(17)24)18-4-3-5-20(14-18)27(32)31-26-6-1-2-13-30-26;23-17-7-9-21(19(24)12-17)27-20-8-6-13-4-5-15(11-18(13)20)14-2-1-3-16(10-14)22(25)26/h1-8,10,12-16,24H,9,11H2,(H,30,31,32);1-5,7,9-12,20H,6,8H2,(H,25,26). The molecule has 0 saturated heterocycles. The van der Waals surface area contributed by atoms with Gasteiger partial charge in [0.15, 0.2) is 0 Å². The van der Waals surface area contributed by atoms with E-state index in [9.17, 15) is 14.7 Å². The van der Waals surface area contributed by atoms with Crippen LogP contribution in [0.5, 0.6) is 11.5 Å². The summed E-state index contributed by atoms with van der Waals surface area (Å²) >= 11 is 24.5. The highest BCUT2D eigenvalue weighted by molar-refractivity contribution is 6.36. The summed E-state index contributed by atoms with van der Waals surface area (Å²) in [7, 11) is 0. The lowest BCUT2D eigenvalue weighted by Gasteiger charge is -2.17. The van der Waals surface area contributed by atoms with E-state index < -0.39 is 5.97 Å². The molecule has 0 spiro atoms. The first-order valence-electron chi connectivity index (χ1n) is 19.2. The van der Waals surface area contributed by atoms with Crippen molar-refractivity contribution in [3.63, 3.8) is 0 Å². The van der Waals surface area contributed by atoms with Gasteiger partial charge in [0.05, 0.1) is 15.6 Å². The van der Waals surface area contributed by atoms with Crippen LogP contribution in [0.15, 0.2) is 146 Å². The molecule has 2 atom stereocenters. The summed E-state index contributed by atoms with van der Waals surface area (Å²) in [5, 5.41) is 14.2. The van der Waals surface area contributed by atoms with Crippen LogP contribution in [0, 0.1) is 0 Å². The first kappa shape index (κ1) is 40.9. The normalized spacial score (nSPS) is 14.9. The van der Waals surface area contributed by atoms with Gasteiger partial charge in [0.1, 0.15) is 29.5 Å². The summed E-state index contributed by atoms with van der Waals surface area (Å²) in [6.45, 7) is 0. The predicted molar refractivity (Wildman–Crippen MR) is 239 cm³/mol. The highest BCUT2D eigenvalue weighted by atomic mass is 35.5. The number of benzene rings is 6. The van der Waals surface area contributed by atoms with E-state index in [4.69, 9.17) is 55.9 Å². The summed E-state index contributed by atoms with van der Waals surface area (Å²) in [5.41, 5.74) is 9.42. The molecule has 0 fully saturated rings. The molecule has 1 amide bonds. The maximum Gasteiger partial charge on any atom is 0.335 e. The fraction of sp³-hybridized carbons (Fsp3) is 0.122. The Morgan fingerprint density at radius 2 is 1.08 bits per heavy atom. The summed E-state index contributed by atoms with van der Waals surface area (Å²) in [6.07, 6.45) is 5.08. The molecule has 300 valence electrons. The molecule has 0 saturated carbocycles. The molecule has 1 heterocycles. The second kappa shape index (κ2) is 18.2. The van der Waals surface area contributed by atoms with Crippen LogP contribution in [0.2, 0.25) is 20.1 Å². The average molecular weight is 875 g/mol. The van der Waals surface area contributed by atoms with Crippen molar-refractivity contribution in [2.24, 2.45) is 0 Å². The zero-order chi connectivity index (χ0) is 41.8. The number of carboxylic acid groups (broad SMARTS) is 1. The number of anilines is 1. The summed E-state index contributed by atoms with van der Waals surface area (Å²) in [4.78, 5) is 28.1. The Morgan fingerprint density at radius 3 is 1.58 bits per heavy atom. The average Bonchev–Trinajstić information content (AvgIpc) is 3.86. The van der Waals surface area contributed by atoms with Crippen molar-refractivity contribution in [2.75, 3.05) is 5.32 Å². The van der Waals surface area contributed by atoms with Crippen molar-refractivity contribution in [1.82, 2.24) is 4.98 Å². The molecule has 7 nitrogen and oxygen atoms in total. The van der Waals surface area contributed by atoms with Crippen LogP contribution in [-0.2, 0) is 12.8 Å². The molecular weight excluding hydrogens is 838 g/mol. The van der Waals surface area contributed by atoms with E-state index in [0.717, 1.165) is 59.1 Å². The number of hydrogen-bond acceptors (Lipinski definition) is 5. The highest BCUT2D eigenvalue weighted by Gasteiger charge is 2.27. The Hall–Kier alpha value is -5.83. The van der Waals surface area contributed by atoms with Crippen molar-refractivity contribution in [2.45, 2.75) is 37.9 Å². The number of rotatable bonds is 9. The molecule has 2 aliphatic carbocycles. The van der Waals surface area contributed by atoms with Crippen LogP contribution in [0.25, 0.3) is 22.3 Å². The van der Waals surface area contributed by atoms with Crippen molar-refractivity contribution >= 4 is 64.1 Å². The highest BCUT2D eigenvalue weighted by Crippen LogP contribution is 2.41. The van der Waals surface area contributed by atoms with Crippen LogP contribution >= 0.6 is 46.4 Å². The molecule has 7 aromatic rings. The zero-order valence-corrected chi connectivity index (χ0v) is 34.9. The monoisotopic (exact) mass is 872 g/mol. The quantitative estimate of drug-likeness (QED) is 0.150. The number of carboxylic acids is 1. The third kappa shape index (κ3) is 9.46. The topological polar surface area (TPSA) is 97.8 Å². The number of ether oxygens (including phenoxy) is 2. The van der Waals surface area contributed by atoms with E-state index in [1.165, 1.54) is 11.1 Å². The molecule has 2 N–H and O–H groups in total. The minimum Gasteiger partial charge on any atom is -0.484 e. The first-order valence-corrected chi connectivity index (χ1v) is 20.7. The molecule has 2 aliphatic rings. The van der Waals surface area contributed by atoms with Gasteiger partial charge in [-0.25, -0.2) is 9.78 Å². The summed E-state index contributed by atoms with van der Waals surface area (Å²) in [6, 6.07) is 43.0. The molecule has 0 aliphatic heterocycles. The fourth-order valence-electron chi connectivity index (χ4n) is 7.48. The number of nitrogens with zero attached hydrogens (tertiary/aromatic N) is 1. The number of halogens is 4. The van der Waals surface area contributed by atoms with Gasteiger partial charge < -0.3 is 19.9 Å². The number of carbonyl (C=O) groups is 2. The number of nitrogens with one attached hydrogen (secondary N) is 1. The smallest absolute Gasteiger partial charge is 0.335 e. The van der Waals surface area contributed by atoms with Crippen LogP contribution < -0.4 is 14.8 Å². The van der Waals surface area contributed by atoms with Gasteiger partial charge in [-0.15, -0.1) is 0 Å². The van der Waals surface area contributed by atoms with Gasteiger partial charge in [-0.2, -0.15) is 0 Å². The minimum atomic E-state index is -0.934. The SMILES string of the molecule is O=C(Nc1ccccn1)c1cccc(-c2ccc3c(c2)C(Oc2ccc(Cl)cc2Cl)CC3)c1.O=C(O)c1cccc(-c2ccc3c(c2)C(Oc2ccc(Cl)cc2Cl)CC3)c1. The number of aromatic carboxylic acids is 1. The van der Waals surface area contributed by atoms with Crippen molar-refractivity contribution in [3.8, 4) is 33.8 Å². The van der Waals surface area contributed by atoms with Gasteiger partial charge in [-0.1, -0.05) is 101 Å². The van der Waals surface area contributed by atoms with Gasteiger partial charge in [-0.05, 0) is 155 Å². The van der Waals surface area contributed by atoms with Crippen molar-refractivity contribution in [3.05, 3.63) is 199 Å². The molecule has 9 rings (SSSR count). The predicted octanol–water partition coefficient (Wildman–Crippen LogP) is 13.8. The number of fused-ring (bicyclic) bond motifs is 2. The van der Waals surface area contributed by atoms with Crippen LogP contribution in [0.1, 0.15) is 68.0 Å². The maximum atomic E-state index is 12.7. The Morgan fingerprint density at radius 1 is 0.567 bits per heavy atom. The Balaban J connectivity index is 0.000000170. The molecule has 11 heteroatoms. The molecule has 2 unspecified atom stereocenters. The number of pyridine rings is 1. The number of aromatic nitrogens is 1. The largest absolute Gasteiger partial charge is 0.484 e. The van der Waals surface area contributed by atoms with E-state index >= 15 is 0 Å². The number of aryl methyl sites for hydroxylation is 2. The molecule has 6 aromatic carbocycles. The Labute approximate surface area is 367 Å². The van der Waals surface area contributed by atoms with Crippen LogP contribution in [0.3, 0.4) is 0 Å². The molecular formula is C49H36Cl4N2O5. The van der Waals surface area contributed by atoms with Gasteiger partial charge in [0.2, 0.25) is 0 Å². The van der Waals surface area contributed by atoms with E-state index in [2.05, 4.69) is 40.6 Å². The van der Waals surface area contributed by atoms with Gasteiger partial charge in [0.25, 0.3) is 5.91 Å². The van der Waals surface area contributed by atoms with E-state index in [-0.39, 0.29) is 23.7 Å². The molecule has 0 bridgehead atoms. The van der Waals surface area contributed by atoms with E-state index in [0.29, 0.717) is 43.0 Å². The second-order valence-electron chi connectivity index (χ2n) is 14.4. The van der Waals surface area contributed by atoms with Crippen LogP contribution in [0.4, 0.5) is 5.82 Å².